The van der Waals surface area contributed by atoms with E-state index in [1.54, 1.807) is 6.92 Å². The topological polar surface area (TPSA) is 46.5 Å². The first-order valence-corrected chi connectivity index (χ1v) is 14.6. The number of esters is 1. The summed E-state index contributed by atoms with van der Waals surface area (Å²) in [5, 5.41) is 11.7. The normalized spacial score (nSPS) is 45.9. The van der Waals surface area contributed by atoms with Crippen molar-refractivity contribution in [3.05, 3.63) is 11.6 Å². The minimum Gasteiger partial charge on any atom is -0.462 e. The van der Waals surface area contributed by atoms with E-state index in [2.05, 4.69) is 61.5 Å². The molecule has 200 valence electrons. The van der Waals surface area contributed by atoms with E-state index >= 15 is 0 Å². The van der Waals surface area contributed by atoms with Crippen molar-refractivity contribution in [1.82, 2.24) is 0 Å². The van der Waals surface area contributed by atoms with Crippen LogP contribution in [0.5, 0.6) is 0 Å². The Labute approximate surface area is 215 Å². The average Bonchev–Trinajstić information content (AvgIpc) is 3.09. The van der Waals surface area contributed by atoms with Crippen LogP contribution in [-0.2, 0) is 9.53 Å². The van der Waals surface area contributed by atoms with Crippen LogP contribution in [-0.4, -0.2) is 22.8 Å². The highest BCUT2D eigenvalue weighted by molar-refractivity contribution is 5.66. The van der Waals surface area contributed by atoms with E-state index in [0.717, 1.165) is 19.3 Å². The molecular formula is C32H54O3. The molecule has 0 aromatic rings. The van der Waals surface area contributed by atoms with Crippen molar-refractivity contribution in [2.75, 3.05) is 0 Å². The van der Waals surface area contributed by atoms with Crippen molar-refractivity contribution in [1.29, 1.82) is 0 Å². The molecule has 0 aromatic carbocycles. The van der Waals surface area contributed by atoms with Crippen LogP contribution in [0.2, 0.25) is 0 Å². The SMILES string of the molecule is CC(=O)O[C@H]1CC[C@]2(C)[C@H]3CCC4[C@@H]([C@@](C)(O)CCC=C(C)C)CC[C@@]4(C)[C@]3(C)CC[C@H]2C1(C)C. The van der Waals surface area contributed by atoms with E-state index in [9.17, 15) is 9.90 Å². The Morgan fingerprint density at radius 2 is 1.57 bits per heavy atom. The van der Waals surface area contributed by atoms with Crippen LogP contribution in [0, 0.1) is 45.3 Å². The van der Waals surface area contributed by atoms with E-state index in [4.69, 9.17) is 4.74 Å². The number of fused-ring (bicyclic) bond motifs is 5. The Kier molecular flexibility index (Phi) is 6.91. The van der Waals surface area contributed by atoms with Crippen molar-refractivity contribution in [3.8, 4) is 0 Å². The van der Waals surface area contributed by atoms with Crippen molar-refractivity contribution in [2.45, 2.75) is 138 Å². The van der Waals surface area contributed by atoms with Crippen LogP contribution in [0.25, 0.3) is 0 Å². The van der Waals surface area contributed by atoms with Gasteiger partial charge in [0.15, 0.2) is 0 Å². The molecule has 3 nitrogen and oxygen atoms in total. The molecule has 4 rings (SSSR count). The molecule has 0 aromatic heterocycles. The van der Waals surface area contributed by atoms with Crippen molar-refractivity contribution in [2.24, 2.45) is 45.3 Å². The van der Waals surface area contributed by atoms with E-state index in [1.165, 1.54) is 50.5 Å². The molecule has 35 heavy (non-hydrogen) atoms. The smallest absolute Gasteiger partial charge is 0.302 e. The lowest BCUT2D eigenvalue weighted by atomic mass is 9.35. The molecule has 0 spiro atoms. The van der Waals surface area contributed by atoms with Gasteiger partial charge < -0.3 is 9.84 Å². The first-order valence-electron chi connectivity index (χ1n) is 14.6. The van der Waals surface area contributed by atoms with Gasteiger partial charge in [0.1, 0.15) is 6.10 Å². The summed E-state index contributed by atoms with van der Waals surface area (Å²) in [5.41, 5.74) is 1.70. The molecule has 4 saturated carbocycles. The zero-order valence-corrected chi connectivity index (χ0v) is 24.3. The molecule has 3 heteroatoms. The highest BCUT2D eigenvalue weighted by atomic mass is 16.5. The average molecular weight is 487 g/mol. The molecule has 4 aliphatic carbocycles. The van der Waals surface area contributed by atoms with Gasteiger partial charge in [0.05, 0.1) is 5.60 Å². The van der Waals surface area contributed by atoms with Crippen molar-refractivity contribution >= 4 is 5.97 Å². The summed E-state index contributed by atoms with van der Waals surface area (Å²) < 4.78 is 5.88. The van der Waals surface area contributed by atoms with Crippen molar-refractivity contribution < 1.29 is 14.6 Å². The lowest BCUT2D eigenvalue weighted by Crippen LogP contribution is -2.64. The maximum atomic E-state index is 11.9. The second-order valence-electron chi connectivity index (χ2n) is 14.9. The molecule has 0 amide bonds. The Morgan fingerprint density at radius 1 is 0.914 bits per heavy atom. The van der Waals surface area contributed by atoms with Gasteiger partial charge in [-0.25, -0.2) is 0 Å². The van der Waals surface area contributed by atoms with Crippen LogP contribution in [0.3, 0.4) is 0 Å². The zero-order chi connectivity index (χ0) is 26.0. The van der Waals surface area contributed by atoms with Crippen molar-refractivity contribution in [3.63, 3.8) is 0 Å². The van der Waals surface area contributed by atoms with Crippen LogP contribution in [0.4, 0.5) is 0 Å². The third-order valence-corrected chi connectivity index (χ3v) is 12.6. The predicted molar refractivity (Wildman–Crippen MR) is 144 cm³/mol. The molecule has 0 aliphatic heterocycles. The monoisotopic (exact) mass is 486 g/mol. The van der Waals surface area contributed by atoms with E-state index in [0.29, 0.717) is 39.9 Å². The molecular weight excluding hydrogens is 432 g/mol. The molecule has 9 atom stereocenters. The number of ether oxygens (including phenoxy) is 1. The molecule has 0 radical (unpaired) electrons. The maximum Gasteiger partial charge on any atom is 0.302 e. The number of carbonyl (C=O) groups is 1. The van der Waals surface area contributed by atoms with Gasteiger partial charge in [-0.1, -0.05) is 46.3 Å². The van der Waals surface area contributed by atoms with E-state index < -0.39 is 5.60 Å². The number of allylic oxidation sites excluding steroid dienone is 2. The molecule has 0 heterocycles. The van der Waals surface area contributed by atoms with Gasteiger partial charge in [-0.3, -0.25) is 4.79 Å². The fourth-order valence-electron chi connectivity index (χ4n) is 10.7. The molecule has 0 saturated heterocycles. The number of hydrogen-bond donors (Lipinski definition) is 1. The Balaban J connectivity index is 1.60. The van der Waals surface area contributed by atoms with E-state index in [-0.39, 0.29) is 17.5 Å². The predicted octanol–water partition coefficient (Wildman–Crippen LogP) is 8.10. The van der Waals surface area contributed by atoms with Gasteiger partial charge in [0, 0.05) is 12.3 Å². The summed E-state index contributed by atoms with van der Waals surface area (Å²) in [6.07, 6.45) is 13.8. The minimum atomic E-state index is -0.581. The quantitative estimate of drug-likeness (QED) is 0.315. The summed E-state index contributed by atoms with van der Waals surface area (Å²) >= 11 is 0. The first-order chi connectivity index (χ1) is 16.1. The number of carbonyl (C=O) groups excluding carboxylic acids is 1. The highest BCUT2D eigenvalue weighted by Gasteiger charge is 2.69. The fraction of sp³-hybridized carbons (Fsp3) is 0.906. The molecule has 1 N–H and O–H groups in total. The summed E-state index contributed by atoms with van der Waals surface area (Å²) in [6.45, 7) is 20.6. The summed E-state index contributed by atoms with van der Waals surface area (Å²) in [7, 11) is 0. The van der Waals surface area contributed by atoms with Crippen LogP contribution in [0.15, 0.2) is 11.6 Å². The van der Waals surface area contributed by atoms with E-state index in [1.807, 2.05) is 0 Å². The third kappa shape index (κ3) is 4.15. The Morgan fingerprint density at radius 3 is 2.20 bits per heavy atom. The van der Waals surface area contributed by atoms with Gasteiger partial charge in [-0.05, 0) is 125 Å². The largest absolute Gasteiger partial charge is 0.462 e. The van der Waals surface area contributed by atoms with Crippen LogP contribution >= 0.6 is 0 Å². The lowest BCUT2D eigenvalue weighted by Gasteiger charge is -2.70. The lowest BCUT2D eigenvalue weighted by molar-refractivity contribution is -0.229. The maximum absolute atomic E-state index is 11.9. The van der Waals surface area contributed by atoms with Crippen LogP contribution < -0.4 is 0 Å². The molecule has 4 fully saturated rings. The minimum absolute atomic E-state index is 0.0184. The standard InChI is InChI=1S/C32H54O3/c1-21(2)11-10-17-32(9,34)24-14-19-30(7)23(24)12-13-26-29(6)18-16-27(35-22(3)33)28(4,5)25(29)15-20-31(26,30)8/h11,23-27,34H,10,12-20H2,1-9H3/t23?,24-,25-,26+,27-,29-,30+,31+,32-/m0/s1. The fourth-order valence-corrected chi connectivity index (χ4v) is 10.7. The number of hydrogen-bond acceptors (Lipinski definition) is 3. The van der Waals surface area contributed by atoms with Gasteiger partial charge in [-0.15, -0.1) is 0 Å². The second kappa shape index (κ2) is 8.88. The number of aliphatic hydroxyl groups is 1. The third-order valence-electron chi connectivity index (χ3n) is 12.6. The second-order valence-corrected chi connectivity index (χ2v) is 14.9. The van der Waals surface area contributed by atoms with Crippen LogP contribution in [0.1, 0.15) is 127 Å². The zero-order valence-electron chi connectivity index (χ0n) is 24.3. The van der Waals surface area contributed by atoms with Gasteiger partial charge in [0.25, 0.3) is 0 Å². The Bertz CT molecular complexity index is 851. The summed E-state index contributed by atoms with van der Waals surface area (Å²) in [6, 6.07) is 0. The molecule has 1 unspecified atom stereocenters. The summed E-state index contributed by atoms with van der Waals surface area (Å²) in [4.78, 5) is 11.9. The first kappa shape index (κ1) is 27.2. The van der Waals surface area contributed by atoms with Gasteiger partial charge in [0.2, 0.25) is 0 Å². The number of rotatable bonds is 5. The Hall–Kier alpha value is -0.830. The summed E-state index contributed by atoms with van der Waals surface area (Å²) in [5.74, 6) is 2.21. The van der Waals surface area contributed by atoms with Gasteiger partial charge in [-0.2, -0.15) is 0 Å². The molecule has 4 aliphatic rings. The highest BCUT2D eigenvalue weighted by Crippen LogP contribution is 2.75. The molecule has 0 bridgehead atoms. The van der Waals surface area contributed by atoms with Gasteiger partial charge >= 0.3 is 5.97 Å².